The van der Waals surface area contributed by atoms with Crippen molar-refractivity contribution in [2.45, 2.75) is 57.0 Å². The molecule has 33 heavy (non-hydrogen) atoms. The average molecular weight is 467 g/mol. The molecule has 0 radical (unpaired) electrons. The van der Waals surface area contributed by atoms with Crippen molar-refractivity contribution in [1.82, 2.24) is 16.0 Å². The van der Waals surface area contributed by atoms with Crippen LogP contribution in [0.4, 0.5) is 0 Å². The minimum absolute atomic E-state index is 0.0370. The Morgan fingerprint density at radius 1 is 0.939 bits per heavy atom. The maximum absolute atomic E-state index is 12.7. The second kappa shape index (κ2) is 12.4. The topological polar surface area (TPSA) is 234 Å². The molecule has 0 saturated heterocycles. The van der Waals surface area contributed by atoms with Gasteiger partial charge in [0.1, 0.15) is 23.9 Å². The SMILES string of the molecule is C[C@H](NC(=O)[C@H](CC(N)=O)NC(=O)[C@@H](NC(=O)[C@@H](N)Cc1ccc(O)cc1)[C@@H](C)O)C(=O)O. The van der Waals surface area contributed by atoms with E-state index in [0.717, 1.165) is 0 Å². The number of aromatic hydroxyl groups is 1. The minimum atomic E-state index is -1.54. The largest absolute Gasteiger partial charge is 0.508 e. The van der Waals surface area contributed by atoms with E-state index in [-0.39, 0.29) is 12.2 Å². The highest BCUT2D eigenvalue weighted by atomic mass is 16.4. The molecule has 0 fully saturated rings. The molecule has 10 N–H and O–H groups in total. The first kappa shape index (κ1) is 27.3. The highest BCUT2D eigenvalue weighted by Gasteiger charge is 2.32. The molecule has 0 saturated carbocycles. The zero-order chi connectivity index (χ0) is 25.3. The van der Waals surface area contributed by atoms with Gasteiger partial charge in [0.15, 0.2) is 0 Å². The van der Waals surface area contributed by atoms with Gasteiger partial charge in [-0.15, -0.1) is 0 Å². The zero-order valence-corrected chi connectivity index (χ0v) is 18.1. The third kappa shape index (κ3) is 9.13. The van der Waals surface area contributed by atoms with E-state index < -0.39 is 66.3 Å². The number of nitrogens with two attached hydrogens (primary N) is 2. The Labute approximate surface area is 189 Å². The summed E-state index contributed by atoms with van der Waals surface area (Å²) in [7, 11) is 0. The number of carbonyl (C=O) groups is 5. The summed E-state index contributed by atoms with van der Waals surface area (Å²) < 4.78 is 0. The molecule has 0 unspecified atom stereocenters. The lowest BCUT2D eigenvalue weighted by molar-refractivity contribution is -0.142. The maximum Gasteiger partial charge on any atom is 0.325 e. The Balaban J connectivity index is 2.87. The molecule has 0 aromatic heterocycles. The van der Waals surface area contributed by atoms with Crippen LogP contribution in [0.15, 0.2) is 24.3 Å². The van der Waals surface area contributed by atoms with Crippen LogP contribution in [0.1, 0.15) is 25.8 Å². The number of aliphatic hydroxyl groups is 1. The van der Waals surface area contributed by atoms with Crippen LogP contribution >= 0.6 is 0 Å². The number of primary amides is 1. The number of nitrogens with one attached hydrogen (secondary N) is 3. The molecule has 0 aliphatic heterocycles. The van der Waals surface area contributed by atoms with Crippen molar-refractivity contribution in [3.8, 4) is 5.75 Å². The fourth-order valence-electron chi connectivity index (χ4n) is 2.69. The second-order valence-electron chi connectivity index (χ2n) is 7.50. The molecule has 0 bridgehead atoms. The van der Waals surface area contributed by atoms with Gasteiger partial charge in [-0.2, -0.15) is 0 Å². The summed E-state index contributed by atoms with van der Waals surface area (Å²) in [4.78, 5) is 59.6. The van der Waals surface area contributed by atoms with Crippen molar-refractivity contribution < 1.29 is 39.3 Å². The first-order valence-electron chi connectivity index (χ1n) is 9.95. The van der Waals surface area contributed by atoms with E-state index in [0.29, 0.717) is 5.56 Å². The first-order chi connectivity index (χ1) is 15.3. The van der Waals surface area contributed by atoms with E-state index in [9.17, 15) is 34.2 Å². The molecule has 5 atom stereocenters. The van der Waals surface area contributed by atoms with Crippen molar-refractivity contribution >= 4 is 29.6 Å². The molecule has 0 aliphatic rings. The number of aliphatic carboxylic acids is 1. The summed E-state index contributed by atoms with van der Waals surface area (Å²) >= 11 is 0. The highest BCUT2D eigenvalue weighted by molar-refractivity contribution is 5.96. The van der Waals surface area contributed by atoms with Crippen molar-refractivity contribution in [3.05, 3.63) is 29.8 Å². The lowest BCUT2D eigenvalue weighted by Gasteiger charge is -2.25. The van der Waals surface area contributed by atoms with Crippen molar-refractivity contribution in [2.24, 2.45) is 11.5 Å². The Morgan fingerprint density at radius 2 is 1.52 bits per heavy atom. The van der Waals surface area contributed by atoms with Gasteiger partial charge < -0.3 is 42.7 Å². The summed E-state index contributed by atoms with van der Waals surface area (Å²) in [6, 6.07) is 0.463. The molecular weight excluding hydrogens is 438 g/mol. The van der Waals surface area contributed by atoms with Gasteiger partial charge in [0, 0.05) is 0 Å². The number of carboxylic acids is 1. The van der Waals surface area contributed by atoms with Gasteiger partial charge >= 0.3 is 5.97 Å². The molecule has 182 valence electrons. The van der Waals surface area contributed by atoms with E-state index in [2.05, 4.69) is 16.0 Å². The number of amides is 4. The number of carboxylic acid groups (broad SMARTS) is 1. The molecule has 0 spiro atoms. The van der Waals surface area contributed by atoms with Gasteiger partial charge in [0.25, 0.3) is 0 Å². The summed E-state index contributed by atoms with van der Waals surface area (Å²) in [5.74, 6) is -5.04. The second-order valence-corrected chi connectivity index (χ2v) is 7.50. The number of phenols is 1. The van der Waals surface area contributed by atoms with Gasteiger partial charge in [0.2, 0.25) is 23.6 Å². The van der Waals surface area contributed by atoms with Crippen LogP contribution in [0.5, 0.6) is 5.75 Å². The predicted octanol–water partition coefficient (Wildman–Crippen LogP) is -2.92. The number of carbonyl (C=O) groups excluding carboxylic acids is 4. The van der Waals surface area contributed by atoms with E-state index >= 15 is 0 Å². The average Bonchev–Trinajstić information content (AvgIpc) is 2.71. The summed E-state index contributed by atoms with van der Waals surface area (Å²) in [5.41, 5.74) is 11.6. The minimum Gasteiger partial charge on any atom is -0.508 e. The number of phenolic OH excluding ortho intramolecular Hbond substituents is 1. The lowest BCUT2D eigenvalue weighted by atomic mass is 10.0. The highest BCUT2D eigenvalue weighted by Crippen LogP contribution is 2.11. The number of aliphatic hydroxyl groups excluding tert-OH is 1. The molecule has 4 amide bonds. The van der Waals surface area contributed by atoms with Gasteiger partial charge in [-0.05, 0) is 38.0 Å². The molecule has 13 nitrogen and oxygen atoms in total. The fraction of sp³-hybridized carbons (Fsp3) is 0.450. The van der Waals surface area contributed by atoms with Crippen molar-refractivity contribution in [2.75, 3.05) is 0 Å². The normalized spacial score (nSPS) is 15.3. The van der Waals surface area contributed by atoms with Gasteiger partial charge in [-0.3, -0.25) is 24.0 Å². The van der Waals surface area contributed by atoms with Crippen LogP contribution < -0.4 is 27.4 Å². The van der Waals surface area contributed by atoms with E-state index in [1.54, 1.807) is 12.1 Å². The Bertz CT molecular complexity index is 874. The quantitative estimate of drug-likeness (QED) is 0.157. The fourth-order valence-corrected chi connectivity index (χ4v) is 2.69. The van der Waals surface area contributed by atoms with E-state index in [1.807, 2.05) is 0 Å². The van der Waals surface area contributed by atoms with Crippen molar-refractivity contribution in [1.29, 1.82) is 0 Å². The van der Waals surface area contributed by atoms with Crippen LogP contribution in [0.3, 0.4) is 0 Å². The number of benzene rings is 1. The maximum atomic E-state index is 12.7. The Hall–Kier alpha value is -3.71. The third-order valence-electron chi connectivity index (χ3n) is 4.56. The monoisotopic (exact) mass is 467 g/mol. The molecule has 13 heteroatoms. The van der Waals surface area contributed by atoms with Gasteiger partial charge in [0.05, 0.1) is 18.6 Å². The molecule has 1 aromatic carbocycles. The van der Waals surface area contributed by atoms with Crippen molar-refractivity contribution in [3.63, 3.8) is 0 Å². The summed E-state index contributed by atoms with van der Waals surface area (Å²) in [6.45, 7) is 2.39. The molecule has 0 heterocycles. The molecule has 1 aromatic rings. The van der Waals surface area contributed by atoms with Crippen LogP contribution in [-0.2, 0) is 30.4 Å². The number of hydrogen-bond acceptors (Lipinski definition) is 8. The van der Waals surface area contributed by atoms with Crippen LogP contribution in [0.25, 0.3) is 0 Å². The summed E-state index contributed by atoms with van der Waals surface area (Å²) in [6.07, 6.45) is -1.99. The van der Waals surface area contributed by atoms with Crippen LogP contribution in [0.2, 0.25) is 0 Å². The van der Waals surface area contributed by atoms with Gasteiger partial charge in [-0.1, -0.05) is 12.1 Å². The predicted molar refractivity (Wildman–Crippen MR) is 114 cm³/mol. The third-order valence-corrected chi connectivity index (χ3v) is 4.56. The molecule has 0 aliphatic carbocycles. The lowest BCUT2D eigenvalue weighted by Crippen LogP contribution is -2.60. The van der Waals surface area contributed by atoms with Crippen LogP contribution in [0, 0.1) is 0 Å². The standard InChI is InChI=1S/C20H29N5O8/c1-9(20(32)33)23-18(30)14(8-15(22)28)24-19(31)16(10(2)26)25-17(29)13(21)7-11-3-5-12(27)6-4-11/h3-6,9-10,13-14,16,26-27H,7-8,21H2,1-2H3,(H2,22,28)(H,23,30)(H,24,31)(H,25,29)(H,32,33)/t9-,10+,13-,14-,16-/m0/s1. The zero-order valence-electron chi connectivity index (χ0n) is 18.1. The Kier molecular flexibility index (Phi) is 10.2. The van der Waals surface area contributed by atoms with Gasteiger partial charge in [-0.25, -0.2) is 0 Å². The number of rotatable bonds is 12. The van der Waals surface area contributed by atoms with E-state index in [4.69, 9.17) is 16.6 Å². The summed E-state index contributed by atoms with van der Waals surface area (Å²) in [5, 5.41) is 34.8. The first-order valence-corrected chi connectivity index (χ1v) is 9.95. The Morgan fingerprint density at radius 3 is 2.00 bits per heavy atom. The van der Waals surface area contributed by atoms with Crippen LogP contribution in [-0.4, -0.2) is 75.2 Å². The van der Waals surface area contributed by atoms with E-state index in [1.165, 1.54) is 26.0 Å². The number of hydrogen-bond donors (Lipinski definition) is 8. The smallest absolute Gasteiger partial charge is 0.325 e. The molecular formula is C20H29N5O8. The molecule has 1 rings (SSSR count).